The van der Waals surface area contributed by atoms with Crippen LogP contribution in [0.2, 0.25) is 0 Å². The summed E-state index contributed by atoms with van der Waals surface area (Å²) >= 11 is 0. The number of Topliss-reactive ketones (excluding diaryl/α,β-unsaturated/α-hetero) is 1. The average Bonchev–Trinajstić information content (AvgIpc) is 3.51. The van der Waals surface area contributed by atoms with E-state index in [1.165, 1.54) is 4.90 Å². The highest BCUT2D eigenvalue weighted by Crippen LogP contribution is 2.40. The fourth-order valence-electron chi connectivity index (χ4n) is 4.81. The van der Waals surface area contributed by atoms with Crippen LogP contribution in [0.1, 0.15) is 41.1 Å². The summed E-state index contributed by atoms with van der Waals surface area (Å²) in [5, 5.41) is 11.3. The van der Waals surface area contributed by atoms with Crippen LogP contribution in [-0.4, -0.2) is 45.9 Å². The third-order valence-electron chi connectivity index (χ3n) is 6.65. The zero-order valence-electron chi connectivity index (χ0n) is 20.1. The van der Waals surface area contributed by atoms with Gasteiger partial charge in [0.05, 0.1) is 17.7 Å². The molecule has 2 aliphatic rings. The molecular formula is C29H28N2O5. The van der Waals surface area contributed by atoms with Crippen molar-refractivity contribution in [1.82, 2.24) is 9.88 Å². The molecule has 5 rings (SSSR count). The number of pyridine rings is 1. The third kappa shape index (κ3) is 4.75. The molecule has 2 unspecified atom stereocenters. The number of carbonyl (C=O) groups is 2. The second kappa shape index (κ2) is 10.3. The first kappa shape index (κ1) is 23.8. The maximum atomic E-state index is 13.2. The summed E-state index contributed by atoms with van der Waals surface area (Å²) in [7, 11) is 0. The van der Waals surface area contributed by atoms with Gasteiger partial charge >= 0.3 is 0 Å². The molecule has 7 nitrogen and oxygen atoms in total. The van der Waals surface area contributed by atoms with Crippen LogP contribution < -0.4 is 4.74 Å². The van der Waals surface area contributed by atoms with E-state index >= 15 is 0 Å². The van der Waals surface area contributed by atoms with Crippen molar-refractivity contribution in [2.24, 2.45) is 0 Å². The Morgan fingerprint density at radius 3 is 2.67 bits per heavy atom. The molecule has 1 amide bonds. The molecule has 36 heavy (non-hydrogen) atoms. The van der Waals surface area contributed by atoms with E-state index in [9.17, 15) is 14.7 Å². The number of likely N-dealkylation sites (tertiary alicyclic amines) is 1. The molecular weight excluding hydrogens is 456 g/mol. The van der Waals surface area contributed by atoms with E-state index in [1.807, 2.05) is 43.3 Å². The van der Waals surface area contributed by atoms with Crippen LogP contribution in [0.3, 0.4) is 0 Å². The molecule has 2 aromatic carbocycles. The van der Waals surface area contributed by atoms with Crippen molar-refractivity contribution in [3.63, 3.8) is 0 Å². The monoisotopic (exact) mass is 484 g/mol. The number of ether oxygens (including phenoxy) is 2. The number of aliphatic hydroxyl groups excluding tert-OH is 1. The summed E-state index contributed by atoms with van der Waals surface area (Å²) in [6.07, 6.45) is 4.87. The number of hydrogen-bond donors (Lipinski definition) is 1. The van der Waals surface area contributed by atoms with Crippen molar-refractivity contribution in [3.8, 4) is 5.75 Å². The van der Waals surface area contributed by atoms with E-state index in [0.29, 0.717) is 30.1 Å². The van der Waals surface area contributed by atoms with Crippen LogP contribution in [0.4, 0.5) is 0 Å². The molecule has 1 aromatic heterocycles. The number of aromatic nitrogens is 1. The molecule has 184 valence electrons. The van der Waals surface area contributed by atoms with Gasteiger partial charge in [0.15, 0.2) is 0 Å². The standard InChI is InChI=1S/C29H28N2O5/c1-19-15-21(11-12-24(19)36-18-20-7-3-2-4-8-20)27(32)25-26(22-9-5-13-30-16-22)31(29(34)28(25)33)17-23-10-6-14-35-23/h2-5,7-9,11-13,15-16,23,26,32H,6,10,14,17-18H2,1H3/b27-25-. The Morgan fingerprint density at radius 1 is 1.14 bits per heavy atom. The molecule has 0 saturated carbocycles. The molecule has 3 heterocycles. The van der Waals surface area contributed by atoms with E-state index < -0.39 is 17.7 Å². The lowest BCUT2D eigenvalue weighted by atomic mass is 9.95. The zero-order chi connectivity index (χ0) is 25.1. The van der Waals surface area contributed by atoms with Gasteiger partial charge in [-0.25, -0.2) is 0 Å². The van der Waals surface area contributed by atoms with Gasteiger partial charge in [-0.3, -0.25) is 14.6 Å². The fourth-order valence-corrected chi connectivity index (χ4v) is 4.81. The number of ketones is 1. The van der Waals surface area contributed by atoms with E-state index in [1.54, 1.807) is 36.7 Å². The van der Waals surface area contributed by atoms with Gasteiger partial charge in [-0.05, 0) is 60.7 Å². The highest BCUT2D eigenvalue weighted by molar-refractivity contribution is 6.46. The van der Waals surface area contributed by atoms with Crippen LogP contribution in [0.25, 0.3) is 5.76 Å². The van der Waals surface area contributed by atoms with Crippen molar-refractivity contribution in [3.05, 3.63) is 101 Å². The van der Waals surface area contributed by atoms with Crippen LogP contribution in [0.5, 0.6) is 5.75 Å². The Morgan fingerprint density at radius 2 is 1.97 bits per heavy atom. The quantitative estimate of drug-likeness (QED) is 0.300. The van der Waals surface area contributed by atoms with Crippen LogP contribution in [0, 0.1) is 6.92 Å². The molecule has 7 heteroatoms. The van der Waals surface area contributed by atoms with Gasteiger partial charge in [-0.15, -0.1) is 0 Å². The minimum absolute atomic E-state index is 0.0587. The van der Waals surface area contributed by atoms with E-state index in [0.717, 1.165) is 24.0 Å². The normalized spacial score (nSPS) is 21.2. The predicted molar refractivity (Wildman–Crippen MR) is 134 cm³/mol. The summed E-state index contributed by atoms with van der Waals surface area (Å²) in [4.78, 5) is 32.0. The Labute approximate surface area is 210 Å². The molecule has 1 N–H and O–H groups in total. The maximum absolute atomic E-state index is 13.2. The molecule has 0 spiro atoms. The molecule has 0 bridgehead atoms. The summed E-state index contributed by atoms with van der Waals surface area (Å²) in [5.41, 5.74) is 3.02. The molecule has 0 aliphatic carbocycles. The number of aliphatic hydroxyl groups is 1. The molecule has 2 fully saturated rings. The molecule has 2 atom stereocenters. The molecule has 0 radical (unpaired) electrons. The minimum Gasteiger partial charge on any atom is -0.507 e. The highest BCUT2D eigenvalue weighted by Gasteiger charge is 2.47. The van der Waals surface area contributed by atoms with Gasteiger partial charge < -0.3 is 19.5 Å². The number of carbonyl (C=O) groups excluding carboxylic acids is 2. The number of rotatable bonds is 7. The summed E-state index contributed by atoms with van der Waals surface area (Å²) in [5.74, 6) is -0.880. The SMILES string of the molecule is Cc1cc(/C(O)=C2/C(=O)C(=O)N(CC3CCCO3)C2c2cccnc2)ccc1OCc1ccccc1. The highest BCUT2D eigenvalue weighted by atomic mass is 16.5. The summed E-state index contributed by atoms with van der Waals surface area (Å²) in [6.45, 7) is 3.23. The van der Waals surface area contributed by atoms with Crippen LogP contribution >= 0.6 is 0 Å². The summed E-state index contributed by atoms with van der Waals surface area (Å²) in [6, 6.07) is 17.9. The Bertz CT molecular complexity index is 1280. The largest absolute Gasteiger partial charge is 0.507 e. The molecule has 3 aromatic rings. The number of aryl methyl sites for hydroxylation is 1. The number of hydrogen-bond acceptors (Lipinski definition) is 6. The first-order valence-corrected chi connectivity index (χ1v) is 12.1. The van der Waals surface area contributed by atoms with Crippen molar-refractivity contribution in [1.29, 1.82) is 0 Å². The van der Waals surface area contributed by atoms with Crippen molar-refractivity contribution < 1.29 is 24.2 Å². The van der Waals surface area contributed by atoms with Gasteiger partial charge in [0, 0.05) is 31.1 Å². The molecule has 2 saturated heterocycles. The van der Waals surface area contributed by atoms with Gasteiger partial charge in [0.25, 0.3) is 11.7 Å². The van der Waals surface area contributed by atoms with Crippen molar-refractivity contribution in [2.45, 2.75) is 38.5 Å². The minimum atomic E-state index is -0.739. The van der Waals surface area contributed by atoms with E-state index in [4.69, 9.17) is 9.47 Å². The second-order valence-electron chi connectivity index (χ2n) is 9.13. The maximum Gasteiger partial charge on any atom is 0.295 e. The second-order valence-corrected chi connectivity index (χ2v) is 9.13. The van der Waals surface area contributed by atoms with Crippen molar-refractivity contribution >= 4 is 17.4 Å². The number of nitrogens with zero attached hydrogens (tertiary/aromatic N) is 2. The lowest BCUT2D eigenvalue weighted by Crippen LogP contribution is -2.36. The first-order valence-electron chi connectivity index (χ1n) is 12.1. The fraction of sp³-hybridized carbons (Fsp3) is 0.276. The molecule has 2 aliphatic heterocycles. The Hall–Kier alpha value is -3.97. The smallest absolute Gasteiger partial charge is 0.295 e. The third-order valence-corrected chi connectivity index (χ3v) is 6.65. The first-order chi connectivity index (χ1) is 17.5. The van der Waals surface area contributed by atoms with E-state index in [-0.39, 0.29) is 24.0 Å². The van der Waals surface area contributed by atoms with Gasteiger partial charge in [-0.2, -0.15) is 0 Å². The van der Waals surface area contributed by atoms with E-state index in [2.05, 4.69) is 4.98 Å². The Balaban J connectivity index is 1.47. The topological polar surface area (TPSA) is 89.0 Å². The Kier molecular flexibility index (Phi) is 6.82. The number of amides is 1. The van der Waals surface area contributed by atoms with Crippen LogP contribution in [-0.2, 0) is 20.9 Å². The van der Waals surface area contributed by atoms with Gasteiger partial charge in [-0.1, -0.05) is 36.4 Å². The average molecular weight is 485 g/mol. The lowest BCUT2D eigenvalue weighted by Gasteiger charge is -2.27. The number of benzene rings is 2. The van der Waals surface area contributed by atoms with Crippen molar-refractivity contribution in [2.75, 3.05) is 13.2 Å². The zero-order valence-corrected chi connectivity index (χ0v) is 20.1. The van der Waals surface area contributed by atoms with Crippen LogP contribution in [0.15, 0.2) is 78.6 Å². The van der Waals surface area contributed by atoms with Gasteiger partial charge in [0.2, 0.25) is 0 Å². The predicted octanol–water partition coefficient (Wildman–Crippen LogP) is 4.57. The van der Waals surface area contributed by atoms with Gasteiger partial charge in [0.1, 0.15) is 18.1 Å². The lowest BCUT2D eigenvalue weighted by molar-refractivity contribution is -0.140. The summed E-state index contributed by atoms with van der Waals surface area (Å²) < 4.78 is 11.7.